The Kier molecular flexibility index (Phi) is 4.85. The van der Waals surface area contributed by atoms with Gasteiger partial charge in [0.15, 0.2) is 0 Å². The largest absolute Gasteiger partial charge is 0.481 e. The second-order valence-electron chi connectivity index (χ2n) is 2.02. The van der Waals surface area contributed by atoms with E-state index < -0.39 is 5.97 Å². The van der Waals surface area contributed by atoms with Gasteiger partial charge in [-0.05, 0) is 28.1 Å². The highest BCUT2D eigenvalue weighted by molar-refractivity contribution is 9.10. The van der Waals surface area contributed by atoms with Gasteiger partial charge < -0.3 is 5.11 Å². The Morgan fingerprint density at radius 2 is 2.25 bits per heavy atom. The van der Waals surface area contributed by atoms with Crippen LogP contribution in [0.5, 0.6) is 0 Å². The molecule has 1 heterocycles. The SMILES string of the molecule is Cl.O=C(O)Cc1cccc(Br)n1. The van der Waals surface area contributed by atoms with Crippen molar-refractivity contribution in [3.63, 3.8) is 0 Å². The number of aromatic nitrogens is 1. The molecule has 1 rings (SSSR count). The molecule has 1 aromatic heterocycles. The molecule has 0 fully saturated rings. The summed E-state index contributed by atoms with van der Waals surface area (Å²) in [5.41, 5.74) is 0.562. The van der Waals surface area contributed by atoms with Gasteiger partial charge in [0.25, 0.3) is 0 Å². The van der Waals surface area contributed by atoms with Gasteiger partial charge in [-0.3, -0.25) is 4.79 Å². The van der Waals surface area contributed by atoms with E-state index in [9.17, 15) is 4.79 Å². The Balaban J connectivity index is 0.00000121. The van der Waals surface area contributed by atoms with E-state index in [2.05, 4.69) is 20.9 Å². The molecular weight excluding hydrogens is 245 g/mol. The predicted molar refractivity (Wildman–Crippen MR) is 50.5 cm³/mol. The molecule has 0 spiro atoms. The number of hydrogen-bond donors (Lipinski definition) is 1. The van der Waals surface area contributed by atoms with Gasteiger partial charge in [0.1, 0.15) is 4.60 Å². The van der Waals surface area contributed by atoms with Crippen LogP contribution in [-0.2, 0) is 11.2 Å². The molecule has 0 atom stereocenters. The van der Waals surface area contributed by atoms with Gasteiger partial charge in [-0.2, -0.15) is 0 Å². The number of aliphatic carboxylic acids is 1. The average Bonchev–Trinajstić information content (AvgIpc) is 1.85. The predicted octanol–water partition coefficient (Wildman–Crippen LogP) is 1.89. The summed E-state index contributed by atoms with van der Waals surface area (Å²) in [5, 5.41) is 8.40. The van der Waals surface area contributed by atoms with E-state index in [1.165, 1.54) is 0 Å². The zero-order chi connectivity index (χ0) is 8.27. The number of carbonyl (C=O) groups is 1. The molecule has 1 aromatic rings. The van der Waals surface area contributed by atoms with Crippen LogP contribution in [0.1, 0.15) is 5.69 Å². The van der Waals surface area contributed by atoms with Crippen LogP contribution in [0.15, 0.2) is 22.8 Å². The second-order valence-corrected chi connectivity index (χ2v) is 2.83. The van der Waals surface area contributed by atoms with Crippen molar-refractivity contribution < 1.29 is 9.90 Å². The lowest BCUT2D eigenvalue weighted by molar-refractivity contribution is -0.136. The molecular formula is C7H7BrClNO2. The zero-order valence-corrected chi connectivity index (χ0v) is 8.43. The Morgan fingerprint density at radius 3 is 2.75 bits per heavy atom. The summed E-state index contributed by atoms with van der Waals surface area (Å²) >= 11 is 3.15. The van der Waals surface area contributed by atoms with Crippen molar-refractivity contribution in [1.29, 1.82) is 0 Å². The van der Waals surface area contributed by atoms with E-state index in [4.69, 9.17) is 5.11 Å². The summed E-state index contributed by atoms with van der Waals surface area (Å²) in [7, 11) is 0. The van der Waals surface area contributed by atoms with Crippen molar-refractivity contribution in [1.82, 2.24) is 4.98 Å². The van der Waals surface area contributed by atoms with Crippen LogP contribution in [0.3, 0.4) is 0 Å². The molecule has 0 radical (unpaired) electrons. The topological polar surface area (TPSA) is 50.2 Å². The maximum Gasteiger partial charge on any atom is 0.309 e. The maximum atomic E-state index is 10.2. The Labute approximate surface area is 84.4 Å². The molecule has 3 nitrogen and oxygen atoms in total. The minimum Gasteiger partial charge on any atom is -0.481 e. The lowest BCUT2D eigenvalue weighted by atomic mass is 10.3. The molecule has 5 heteroatoms. The van der Waals surface area contributed by atoms with Crippen molar-refractivity contribution in [2.24, 2.45) is 0 Å². The highest BCUT2D eigenvalue weighted by Gasteiger charge is 2.00. The molecule has 12 heavy (non-hydrogen) atoms. The average molecular weight is 252 g/mol. The van der Waals surface area contributed by atoms with E-state index in [1.807, 2.05) is 0 Å². The van der Waals surface area contributed by atoms with Gasteiger partial charge in [-0.1, -0.05) is 6.07 Å². The third kappa shape index (κ3) is 3.69. The first-order chi connectivity index (χ1) is 5.18. The number of nitrogens with zero attached hydrogens (tertiary/aromatic N) is 1. The third-order valence-corrected chi connectivity index (χ3v) is 1.55. The fourth-order valence-electron chi connectivity index (χ4n) is 0.704. The molecule has 0 saturated heterocycles. The molecule has 0 unspecified atom stereocenters. The van der Waals surface area contributed by atoms with Crippen LogP contribution in [0, 0.1) is 0 Å². The van der Waals surface area contributed by atoms with E-state index in [1.54, 1.807) is 18.2 Å². The normalized spacial score (nSPS) is 8.75. The summed E-state index contributed by atoms with van der Waals surface area (Å²) in [6, 6.07) is 5.19. The summed E-state index contributed by atoms with van der Waals surface area (Å²) in [5.74, 6) is -0.865. The third-order valence-electron chi connectivity index (χ3n) is 1.11. The number of halogens is 2. The van der Waals surface area contributed by atoms with Crippen LogP contribution >= 0.6 is 28.3 Å². The fraction of sp³-hybridized carbons (Fsp3) is 0.143. The van der Waals surface area contributed by atoms with Gasteiger partial charge in [0, 0.05) is 0 Å². The monoisotopic (exact) mass is 251 g/mol. The summed E-state index contributed by atoms with van der Waals surface area (Å²) in [6.45, 7) is 0. The first-order valence-electron chi connectivity index (χ1n) is 3.02. The van der Waals surface area contributed by atoms with E-state index in [0.29, 0.717) is 10.3 Å². The van der Waals surface area contributed by atoms with Crippen molar-refractivity contribution in [3.8, 4) is 0 Å². The molecule has 0 amide bonds. The lowest BCUT2D eigenvalue weighted by Gasteiger charge is -1.94. The van der Waals surface area contributed by atoms with Gasteiger partial charge in [0.05, 0.1) is 12.1 Å². The Morgan fingerprint density at radius 1 is 1.58 bits per heavy atom. The van der Waals surface area contributed by atoms with Gasteiger partial charge in [-0.15, -0.1) is 12.4 Å². The number of carboxylic acid groups (broad SMARTS) is 1. The number of carboxylic acids is 1. The molecule has 0 saturated carbocycles. The highest BCUT2D eigenvalue weighted by Crippen LogP contribution is 2.06. The number of hydrogen-bond acceptors (Lipinski definition) is 2. The molecule has 0 aliphatic heterocycles. The molecule has 66 valence electrons. The maximum absolute atomic E-state index is 10.2. The van der Waals surface area contributed by atoms with Gasteiger partial charge in [-0.25, -0.2) is 4.98 Å². The highest BCUT2D eigenvalue weighted by atomic mass is 79.9. The van der Waals surface area contributed by atoms with Crippen molar-refractivity contribution in [3.05, 3.63) is 28.5 Å². The quantitative estimate of drug-likeness (QED) is 0.818. The Hall–Kier alpha value is -0.610. The lowest BCUT2D eigenvalue weighted by Crippen LogP contribution is -2.01. The van der Waals surface area contributed by atoms with Crippen LogP contribution in [0.2, 0.25) is 0 Å². The minimum atomic E-state index is -0.865. The molecule has 0 bridgehead atoms. The smallest absolute Gasteiger partial charge is 0.309 e. The second kappa shape index (κ2) is 5.11. The van der Waals surface area contributed by atoms with E-state index in [0.717, 1.165) is 0 Å². The Bertz CT molecular complexity index is 280. The molecule has 0 aliphatic rings. The van der Waals surface area contributed by atoms with Crippen molar-refractivity contribution in [2.75, 3.05) is 0 Å². The zero-order valence-electron chi connectivity index (χ0n) is 6.03. The van der Waals surface area contributed by atoms with Crippen LogP contribution in [-0.4, -0.2) is 16.1 Å². The number of pyridine rings is 1. The number of rotatable bonds is 2. The van der Waals surface area contributed by atoms with E-state index >= 15 is 0 Å². The first kappa shape index (κ1) is 11.4. The summed E-state index contributed by atoms with van der Waals surface area (Å²) < 4.78 is 0.663. The standard InChI is InChI=1S/C7H6BrNO2.ClH/c8-6-3-1-2-5(9-6)4-7(10)11;/h1-3H,4H2,(H,10,11);1H. The van der Waals surface area contributed by atoms with E-state index in [-0.39, 0.29) is 18.8 Å². The van der Waals surface area contributed by atoms with Crippen molar-refractivity contribution >= 4 is 34.3 Å². The van der Waals surface area contributed by atoms with Crippen LogP contribution in [0.25, 0.3) is 0 Å². The molecule has 1 N–H and O–H groups in total. The fourth-order valence-corrected chi connectivity index (χ4v) is 1.08. The van der Waals surface area contributed by atoms with Gasteiger partial charge >= 0.3 is 5.97 Å². The minimum absolute atomic E-state index is 0. The summed E-state index contributed by atoms with van der Waals surface area (Å²) in [4.78, 5) is 14.2. The molecule has 0 aromatic carbocycles. The van der Waals surface area contributed by atoms with Crippen molar-refractivity contribution in [2.45, 2.75) is 6.42 Å². The molecule has 0 aliphatic carbocycles. The van der Waals surface area contributed by atoms with Crippen LogP contribution < -0.4 is 0 Å². The summed E-state index contributed by atoms with van der Waals surface area (Å²) in [6.07, 6.45) is -0.0283. The van der Waals surface area contributed by atoms with Gasteiger partial charge in [0.2, 0.25) is 0 Å². The van der Waals surface area contributed by atoms with Crippen LogP contribution in [0.4, 0.5) is 0 Å². The first-order valence-corrected chi connectivity index (χ1v) is 3.81.